The van der Waals surface area contributed by atoms with E-state index in [1.807, 2.05) is 26.0 Å². The average molecular weight is 369 g/mol. The van der Waals surface area contributed by atoms with Crippen molar-refractivity contribution in [2.45, 2.75) is 45.8 Å². The van der Waals surface area contributed by atoms with Crippen LogP contribution in [0.2, 0.25) is 5.04 Å². The Kier molecular flexibility index (Phi) is 6.99. The van der Waals surface area contributed by atoms with Gasteiger partial charge in [0.15, 0.2) is 0 Å². The van der Waals surface area contributed by atoms with Crippen molar-refractivity contribution in [3.63, 3.8) is 0 Å². The molecular formula is C23H32O2Si. The summed E-state index contributed by atoms with van der Waals surface area (Å²) in [4.78, 5) is 0. The number of benzene rings is 2. The molecule has 1 N–H and O–H groups in total. The molecule has 0 unspecified atom stereocenters. The quantitative estimate of drug-likeness (QED) is 0.588. The summed E-state index contributed by atoms with van der Waals surface area (Å²) in [5.74, 6) is 0.208. The predicted molar refractivity (Wildman–Crippen MR) is 114 cm³/mol. The molecule has 1 atom stereocenters. The molecule has 0 aliphatic carbocycles. The Morgan fingerprint density at radius 2 is 1.38 bits per heavy atom. The second-order valence-electron chi connectivity index (χ2n) is 8.14. The summed E-state index contributed by atoms with van der Waals surface area (Å²) in [5.41, 5.74) is 0. The minimum absolute atomic E-state index is 0.0276. The first-order valence-corrected chi connectivity index (χ1v) is 11.3. The van der Waals surface area contributed by atoms with E-state index in [-0.39, 0.29) is 11.0 Å². The molecule has 0 spiro atoms. The predicted octanol–water partition coefficient (Wildman–Crippen LogP) is 4.14. The molecule has 0 saturated heterocycles. The molecule has 0 radical (unpaired) electrons. The van der Waals surface area contributed by atoms with Crippen LogP contribution in [0, 0.1) is 5.92 Å². The average Bonchev–Trinajstić information content (AvgIpc) is 2.62. The van der Waals surface area contributed by atoms with E-state index in [0.29, 0.717) is 6.61 Å². The van der Waals surface area contributed by atoms with E-state index >= 15 is 0 Å². The van der Waals surface area contributed by atoms with Crippen LogP contribution >= 0.6 is 0 Å². The Balaban J connectivity index is 2.44. The zero-order chi connectivity index (χ0) is 19.2. The topological polar surface area (TPSA) is 29.5 Å². The molecule has 0 aliphatic rings. The molecule has 2 aromatic carbocycles. The third-order valence-electron chi connectivity index (χ3n) is 4.83. The number of hydrogen-bond donors (Lipinski definition) is 1. The Labute approximate surface area is 159 Å². The van der Waals surface area contributed by atoms with Gasteiger partial charge in [0.2, 0.25) is 0 Å². The molecule has 2 rings (SSSR count). The van der Waals surface area contributed by atoms with Gasteiger partial charge in [-0.2, -0.15) is 0 Å². The lowest BCUT2D eigenvalue weighted by molar-refractivity contribution is 0.171. The van der Waals surface area contributed by atoms with Crippen LogP contribution in [0.4, 0.5) is 0 Å². The summed E-state index contributed by atoms with van der Waals surface area (Å²) in [6, 6.07) is 21.2. The van der Waals surface area contributed by atoms with Crippen LogP contribution in [0.3, 0.4) is 0 Å². The van der Waals surface area contributed by atoms with Gasteiger partial charge in [0.05, 0.1) is 12.7 Å². The van der Waals surface area contributed by atoms with Crippen molar-refractivity contribution in [3.05, 3.63) is 72.8 Å². The number of aliphatic hydroxyl groups excluding tert-OH is 1. The van der Waals surface area contributed by atoms with Crippen molar-refractivity contribution in [3.8, 4) is 0 Å². The lowest BCUT2D eigenvalue weighted by Crippen LogP contribution is -2.66. The SMILES string of the molecule is CC(C)[C@@H](O)/C=C\CO[Si](c1ccccc1)(c1ccccc1)C(C)(C)C. The summed E-state index contributed by atoms with van der Waals surface area (Å²) in [6.07, 6.45) is 3.38. The smallest absolute Gasteiger partial charge is 0.261 e. The van der Waals surface area contributed by atoms with E-state index in [4.69, 9.17) is 4.43 Å². The lowest BCUT2D eigenvalue weighted by Gasteiger charge is -2.42. The Hall–Kier alpha value is -1.68. The largest absolute Gasteiger partial charge is 0.404 e. The fourth-order valence-corrected chi connectivity index (χ4v) is 7.85. The molecule has 0 bridgehead atoms. The maximum atomic E-state index is 10.0. The number of hydrogen-bond acceptors (Lipinski definition) is 2. The van der Waals surface area contributed by atoms with Crippen molar-refractivity contribution in [1.82, 2.24) is 0 Å². The Morgan fingerprint density at radius 1 is 0.923 bits per heavy atom. The van der Waals surface area contributed by atoms with Gasteiger partial charge in [-0.1, -0.05) is 107 Å². The molecule has 0 heterocycles. The highest BCUT2D eigenvalue weighted by Crippen LogP contribution is 2.36. The fourth-order valence-electron chi connectivity index (χ4n) is 3.35. The number of aliphatic hydroxyl groups is 1. The van der Waals surface area contributed by atoms with Gasteiger partial charge in [0.25, 0.3) is 8.32 Å². The third kappa shape index (κ3) is 4.53. The van der Waals surface area contributed by atoms with Crippen molar-refractivity contribution in [2.75, 3.05) is 6.61 Å². The fraction of sp³-hybridized carbons (Fsp3) is 0.391. The first-order valence-electron chi connectivity index (χ1n) is 9.39. The maximum Gasteiger partial charge on any atom is 0.261 e. The van der Waals surface area contributed by atoms with Crippen molar-refractivity contribution >= 4 is 18.7 Å². The van der Waals surface area contributed by atoms with Crippen LogP contribution in [-0.4, -0.2) is 26.1 Å². The minimum Gasteiger partial charge on any atom is -0.404 e. The first-order chi connectivity index (χ1) is 12.3. The minimum atomic E-state index is -2.48. The van der Waals surface area contributed by atoms with Gasteiger partial charge in [0, 0.05) is 0 Å². The summed E-state index contributed by atoms with van der Waals surface area (Å²) in [5, 5.41) is 12.5. The molecule has 0 aliphatic heterocycles. The summed E-state index contributed by atoms with van der Waals surface area (Å²) in [7, 11) is -2.48. The van der Waals surface area contributed by atoms with Crippen LogP contribution in [0.1, 0.15) is 34.6 Å². The van der Waals surface area contributed by atoms with Gasteiger partial charge < -0.3 is 9.53 Å². The monoisotopic (exact) mass is 368 g/mol. The highest BCUT2D eigenvalue weighted by molar-refractivity contribution is 6.99. The first kappa shape index (κ1) is 20.6. The van der Waals surface area contributed by atoms with E-state index in [9.17, 15) is 5.11 Å². The van der Waals surface area contributed by atoms with Gasteiger partial charge in [-0.15, -0.1) is 0 Å². The Bertz CT molecular complexity index is 648. The molecule has 3 heteroatoms. The second-order valence-corrected chi connectivity index (χ2v) is 12.4. The number of rotatable bonds is 7. The van der Waals surface area contributed by atoms with Crippen LogP contribution in [0.25, 0.3) is 0 Å². The van der Waals surface area contributed by atoms with E-state index in [0.717, 1.165) is 0 Å². The van der Waals surface area contributed by atoms with Crippen LogP contribution in [-0.2, 0) is 4.43 Å². The molecule has 0 amide bonds. The van der Waals surface area contributed by atoms with Gasteiger partial charge in [0.1, 0.15) is 0 Å². The summed E-state index contributed by atoms with van der Waals surface area (Å²) in [6.45, 7) is 11.3. The lowest BCUT2D eigenvalue weighted by atomic mass is 10.1. The molecule has 26 heavy (non-hydrogen) atoms. The van der Waals surface area contributed by atoms with Crippen molar-refractivity contribution < 1.29 is 9.53 Å². The normalized spacial score (nSPS) is 14.1. The van der Waals surface area contributed by atoms with E-state index in [2.05, 4.69) is 81.4 Å². The third-order valence-corrected chi connectivity index (χ3v) is 9.83. The zero-order valence-corrected chi connectivity index (χ0v) is 17.6. The van der Waals surface area contributed by atoms with Gasteiger partial charge in [-0.25, -0.2) is 0 Å². The highest BCUT2D eigenvalue weighted by Gasteiger charge is 2.49. The van der Waals surface area contributed by atoms with Crippen molar-refractivity contribution in [1.29, 1.82) is 0 Å². The molecule has 2 nitrogen and oxygen atoms in total. The van der Waals surface area contributed by atoms with Gasteiger partial charge in [-0.05, 0) is 21.3 Å². The molecule has 2 aromatic rings. The van der Waals surface area contributed by atoms with E-state index < -0.39 is 14.4 Å². The van der Waals surface area contributed by atoms with E-state index in [1.54, 1.807) is 0 Å². The van der Waals surface area contributed by atoms with Crippen LogP contribution in [0.15, 0.2) is 72.8 Å². The van der Waals surface area contributed by atoms with Crippen molar-refractivity contribution in [2.24, 2.45) is 5.92 Å². The molecule has 0 fully saturated rings. The summed E-state index contributed by atoms with van der Waals surface area (Å²) < 4.78 is 6.74. The van der Waals surface area contributed by atoms with E-state index in [1.165, 1.54) is 10.4 Å². The zero-order valence-electron chi connectivity index (χ0n) is 16.6. The van der Waals surface area contributed by atoms with Crippen LogP contribution in [0.5, 0.6) is 0 Å². The highest BCUT2D eigenvalue weighted by atomic mass is 28.4. The molecule has 0 aromatic heterocycles. The standard InChI is InChI=1S/C23H32O2Si/c1-19(2)22(24)17-12-18-25-26(23(3,4)5,20-13-8-6-9-14-20)21-15-10-7-11-16-21/h6-17,19,22,24H,18H2,1-5H3/b17-12-/t22-/m0/s1. The van der Waals surface area contributed by atoms with Crippen LogP contribution < -0.4 is 10.4 Å². The summed E-state index contributed by atoms with van der Waals surface area (Å²) >= 11 is 0. The maximum absolute atomic E-state index is 10.0. The molecule has 0 saturated carbocycles. The molecule has 140 valence electrons. The van der Waals surface area contributed by atoms with Gasteiger partial charge in [-0.3, -0.25) is 0 Å². The van der Waals surface area contributed by atoms with Gasteiger partial charge >= 0.3 is 0 Å². The second kappa shape index (κ2) is 8.80. The Morgan fingerprint density at radius 3 is 1.77 bits per heavy atom. The molecular weight excluding hydrogens is 336 g/mol.